The number of hydrogen-bond donors (Lipinski definition) is 2. The number of rotatable bonds is 5. The Hall–Kier alpha value is -1.26. The Labute approximate surface area is 154 Å². The van der Waals surface area contributed by atoms with Crippen LogP contribution in [0.25, 0.3) is 0 Å². The van der Waals surface area contributed by atoms with Gasteiger partial charge in [0.05, 0.1) is 12.7 Å². The summed E-state index contributed by atoms with van der Waals surface area (Å²) in [6.45, 7) is 11.5. The van der Waals surface area contributed by atoms with Crippen LogP contribution >= 0.6 is 0 Å². The highest BCUT2D eigenvalue weighted by atomic mass is 28.4. The first-order valence-corrected chi connectivity index (χ1v) is 11.7. The normalized spacial score (nSPS) is 24.2. The Morgan fingerprint density at radius 2 is 1.96 bits per heavy atom. The third-order valence-corrected chi connectivity index (χ3v) is 9.89. The van der Waals surface area contributed by atoms with Crippen molar-refractivity contribution in [2.24, 2.45) is 0 Å². The smallest absolute Gasteiger partial charge is 0.335 e. The van der Waals surface area contributed by atoms with Crippen LogP contribution in [0.15, 0.2) is 15.8 Å². The van der Waals surface area contributed by atoms with Crippen LogP contribution in [0, 0.1) is 6.92 Å². The lowest BCUT2D eigenvalue weighted by Gasteiger charge is -2.36. The van der Waals surface area contributed by atoms with Crippen LogP contribution in [-0.4, -0.2) is 46.5 Å². The van der Waals surface area contributed by atoms with Crippen LogP contribution in [0.3, 0.4) is 0 Å². The number of aryl methyl sites for hydroxylation is 1. The van der Waals surface area contributed by atoms with Crippen LogP contribution < -0.4 is 11.2 Å². The lowest BCUT2D eigenvalue weighted by molar-refractivity contribution is -0.0467. The second-order valence-electron chi connectivity index (χ2n) is 8.38. The average molecular weight is 387 g/mol. The molecule has 2 heterocycles. The highest BCUT2D eigenvalue weighted by Crippen LogP contribution is 2.36. The van der Waals surface area contributed by atoms with E-state index >= 15 is 0 Å². The van der Waals surface area contributed by atoms with Crippen molar-refractivity contribution >= 4 is 8.32 Å². The fraction of sp³-hybridized carbons (Fsp3) is 0.765. The van der Waals surface area contributed by atoms with Gasteiger partial charge in [-0.15, -0.1) is 0 Å². The number of hydrogen-bond acceptors (Lipinski definition) is 6. The van der Waals surface area contributed by atoms with Gasteiger partial charge < -0.3 is 19.4 Å². The molecule has 2 N–H and O–H groups in total. The lowest BCUT2D eigenvalue weighted by atomic mass is 10.2. The van der Waals surface area contributed by atoms with Gasteiger partial charge in [0.2, 0.25) is 0 Å². The predicted octanol–water partition coefficient (Wildman–Crippen LogP) is 0.938. The first kappa shape index (κ1) is 21.0. The van der Waals surface area contributed by atoms with Gasteiger partial charge in [-0.25, -0.2) is 9.36 Å². The van der Waals surface area contributed by atoms with Crippen molar-refractivity contribution in [3.63, 3.8) is 0 Å². The minimum atomic E-state index is -2.14. The van der Waals surface area contributed by atoms with E-state index in [1.165, 1.54) is 10.8 Å². The quantitative estimate of drug-likeness (QED) is 0.730. The minimum absolute atomic E-state index is 0.0491. The highest BCUT2D eigenvalue weighted by molar-refractivity contribution is 6.74. The molecule has 0 amide bonds. The second-order valence-corrected chi connectivity index (χ2v) is 13.2. The molecule has 2 rings (SSSR count). The van der Waals surface area contributed by atoms with Gasteiger partial charge in [-0.05, 0) is 25.1 Å². The number of aliphatic hydroxyl groups is 2. The monoisotopic (exact) mass is 386 g/mol. The van der Waals surface area contributed by atoms with Crippen molar-refractivity contribution in [1.29, 1.82) is 0 Å². The Bertz CT molecular complexity index is 764. The molecule has 8 nitrogen and oxygen atoms in total. The van der Waals surface area contributed by atoms with Crippen molar-refractivity contribution < 1.29 is 19.4 Å². The van der Waals surface area contributed by atoms with Crippen LogP contribution in [0.1, 0.15) is 39.0 Å². The van der Waals surface area contributed by atoms with Crippen molar-refractivity contribution in [3.05, 3.63) is 32.6 Å². The lowest BCUT2D eigenvalue weighted by Crippen LogP contribution is -2.47. The second kappa shape index (κ2) is 7.39. The third kappa shape index (κ3) is 4.01. The van der Waals surface area contributed by atoms with Gasteiger partial charge in [0.25, 0.3) is 5.56 Å². The number of nitrogens with zero attached hydrogens (tertiary/aromatic N) is 2. The average Bonchev–Trinajstić information content (AvgIpc) is 2.90. The molecular formula is C17H30N2O6Si. The highest BCUT2D eigenvalue weighted by Gasteiger charge is 2.38. The summed E-state index contributed by atoms with van der Waals surface area (Å²) in [7, 11) is -2.14. The molecule has 1 aliphatic rings. The maximum atomic E-state index is 12.8. The molecular weight excluding hydrogens is 356 g/mol. The summed E-state index contributed by atoms with van der Waals surface area (Å²) in [6.07, 6.45) is -0.721. The molecule has 1 fully saturated rings. The van der Waals surface area contributed by atoms with E-state index in [0.717, 1.165) is 4.57 Å². The number of aromatic nitrogens is 2. The van der Waals surface area contributed by atoms with Crippen LogP contribution in [0.4, 0.5) is 0 Å². The summed E-state index contributed by atoms with van der Waals surface area (Å²) < 4.78 is 14.0. The zero-order valence-corrected chi connectivity index (χ0v) is 17.4. The summed E-state index contributed by atoms with van der Waals surface area (Å²) in [6, 6.07) is 0. The first-order valence-electron chi connectivity index (χ1n) is 8.80. The maximum absolute atomic E-state index is 12.8. The molecule has 0 radical (unpaired) electrons. The zero-order valence-electron chi connectivity index (χ0n) is 16.4. The Balaban J connectivity index is 2.36. The number of ether oxygens (including phenoxy) is 1. The van der Waals surface area contributed by atoms with Gasteiger partial charge in [0.15, 0.2) is 8.32 Å². The van der Waals surface area contributed by atoms with E-state index in [4.69, 9.17) is 9.16 Å². The molecule has 1 unspecified atom stereocenters. The molecule has 0 saturated carbocycles. The van der Waals surface area contributed by atoms with Crippen molar-refractivity contribution in [2.45, 2.75) is 77.4 Å². The van der Waals surface area contributed by atoms with Gasteiger partial charge in [0, 0.05) is 18.2 Å². The van der Waals surface area contributed by atoms with E-state index in [-0.39, 0.29) is 24.8 Å². The van der Waals surface area contributed by atoms with Gasteiger partial charge in [-0.3, -0.25) is 9.36 Å². The predicted molar refractivity (Wildman–Crippen MR) is 99.6 cm³/mol. The summed E-state index contributed by atoms with van der Waals surface area (Å²) in [5.41, 5.74) is -0.564. The maximum Gasteiger partial charge on any atom is 0.335 e. The number of aliphatic hydroxyl groups excluding tert-OH is 2. The largest absolute Gasteiger partial charge is 0.399 e. The Morgan fingerprint density at radius 3 is 2.46 bits per heavy atom. The van der Waals surface area contributed by atoms with Crippen molar-refractivity contribution in [2.75, 3.05) is 6.61 Å². The fourth-order valence-electron chi connectivity index (χ4n) is 2.57. The molecule has 26 heavy (non-hydrogen) atoms. The molecule has 9 heteroatoms. The standard InChI is InChI=1S/C17H30N2O6Si/c1-11-8-18(14-7-12(21)13(9-20)25-14)16(23)19(15(11)22)10-24-26(5,6)17(2,3)4/h8,12-14,20-21H,7,9-10H2,1-6H3/t12?,13-,14-/m1/s1. The molecule has 1 aromatic heterocycles. The molecule has 0 aliphatic carbocycles. The van der Waals surface area contributed by atoms with Crippen molar-refractivity contribution in [1.82, 2.24) is 9.13 Å². The van der Waals surface area contributed by atoms with Gasteiger partial charge in [0.1, 0.15) is 19.1 Å². The topological polar surface area (TPSA) is 103 Å². The Kier molecular flexibility index (Phi) is 5.98. The van der Waals surface area contributed by atoms with Gasteiger partial charge in [-0.1, -0.05) is 20.8 Å². The first-order chi connectivity index (χ1) is 11.9. The van der Waals surface area contributed by atoms with Crippen LogP contribution in [0.5, 0.6) is 0 Å². The molecule has 0 spiro atoms. The third-order valence-electron chi connectivity index (χ3n) is 5.42. The minimum Gasteiger partial charge on any atom is -0.399 e. The molecule has 1 aromatic rings. The summed E-state index contributed by atoms with van der Waals surface area (Å²) in [5, 5.41) is 19.1. The van der Waals surface area contributed by atoms with E-state index in [1.54, 1.807) is 6.92 Å². The van der Waals surface area contributed by atoms with Gasteiger partial charge in [-0.2, -0.15) is 0 Å². The molecule has 0 aromatic carbocycles. The SMILES string of the molecule is Cc1cn([C@H]2CC(O)[C@@H](CO)O2)c(=O)n(CO[Si](C)(C)C(C)(C)C)c1=O. The zero-order chi connectivity index (χ0) is 19.9. The summed E-state index contributed by atoms with van der Waals surface area (Å²) in [4.78, 5) is 25.3. The van der Waals surface area contributed by atoms with Crippen LogP contribution in [0.2, 0.25) is 18.1 Å². The van der Waals surface area contributed by atoms with E-state index in [2.05, 4.69) is 33.9 Å². The summed E-state index contributed by atoms with van der Waals surface area (Å²) >= 11 is 0. The van der Waals surface area contributed by atoms with E-state index in [1.807, 2.05) is 0 Å². The summed E-state index contributed by atoms with van der Waals surface area (Å²) in [5.74, 6) is 0. The molecule has 3 atom stereocenters. The van der Waals surface area contributed by atoms with E-state index in [0.29, 0.717) is 5.56 Å². The van der Waals surface area contributed by atoms with Crippen molar-refractivity contribution in [3.8, 4) is 0 Å². The van der Waals surface area contributed by atoms with Crippen LogP contribution in [-0.2, 0) is 15.9 Å². The van der Waals surface area contributed by atoms with E-state index in [9.17, 15) is 19.8 Å². The molecule has 1 saturated heterocycles. The Morgan fingerprint density at radius 1 is 1.35 bits per heavy atom. The van der Waals surface area contributed by atoms with E-state index < -0.39 is 38.0 Å². The fourth-order valence-corrected chi connectivity index (χ4v) is 3.46. The molecule has 1 aliphatic heterocycles. The molecule has 0 bridgehead atoms. The molecule has 148 valence electrons. The van der Waals surface area contributed by atoms with Gasteiger partial charge >= 0.3 is 5.69 Å².